The number of ether oxygens (including phenoxy) is 1. The number of aryl methyl sites for hydroxylation is 1. The minimum atomic E-state index is -3.30. The minimum absolute atomic E-state index is 0.00913. The molecule has 6 rings (SSSR count). The summed E-state index contributed by atoms with van der Waals surface area (Å²) in [7, 11) is 2.29. The van der Waals surface area contributed by atoms with E-state index in [1.165, 1.54) is 23.0 Å². The number of nitrogens with one attached hydrogen (secondary N) is 4. The number of nitrogens with zero attached hydrogens (tertiary/aromatic N) is 4. The number of anilines is 2. The molecule has 1 atom stereocenters. The first kappa shape index (κ1) is 36.0. The first-order chi connectivity index (χ1) is 24.4. The summed E-state index contributed by atoms with van der Waals surface area (Å²) in [5.74, 6) is -2.98. The highest BCUT2D eigenvalue weighted by Gasteiger charge is 2.36. The fourth-order valence-corrected chi connectivity index (χ4v) is 6.93. The number of likely N-dealkylation sites (tertiary alicyclic amines) is 1. The van der Waals surface area contributed by atoms with E-state index >= 15 is 0 Å². The van der Waals surface area contributed by atoms with Crippen LogP contribution in [0.25, 0.3) is 16.9 Å². The zero-order valence-corrected chi connectivity index (χ0v) is 28.8. The molecule has 0 radical (unpaired) electrons. The molecule has 272 valence electrons. The Morgan fingerprint density at radius 2 is 1.86 bits per heavy atom. The number of benzene rings is 2. The Kier molecular flexibility index (Phi) is 10.8. The van der Waals surface area contributed by atoms with Crippen LogP contribution in [0.3, 0.4) is 0 Å². The third-order valence-electron chi connectivity index (χ3n) is 9.89. The predicted octanol–water partition coefficient (Wildman–Crippen LogP) is 4.89. The number of amides is 2. The largest absolute Gasteiger partial charge is 0.432 e. The van der Waals surface area contributed by atoms with Gasteiger partial charge in [0, 0.05) is 79.6 Å². The number of halogens is 4. The first-order valence-corrected chi connectivity index (χ1v) is 17.2. The van der Waals surface area contributed by atoms with Gasteiger partial charge in [0.25, 0.3) is 5.91 Å². The average molecular weight is 712 g/mol. The van der Waals surface area contributed by atoms with Gasteiger partial charge >= 0.3 is 6.61 Å². The normalized spacial score (nSPS) is 19.8. The second kappa shape index (κ2) is 15.2. The third-order valence-corrected chi connectivity index (χ3v) is 9.89. The molecule has 15 heteroatoms. The molecule has 2 aromatic heterocycles. The summed E-state index contributed by atoms with van der Waals surface area (Å²) in [6, 6.07) is 7.03. The molecule has 0 aliphatic carbocycles. The summed E-state index contributed by atoms with van der Waals surface area (Å²) in [5, 5.41) is 12.6. The molecule has 2 aliphatic rings. The Labute approximate surface area is 293 Å². The number of imidazole rings is 1. The summed E-state index contributed by atoms with van der Waals surface area (Å²) in [6.45, 7) is 6.15. The van der Waals surface area contributed by atoms with E-state index in [0.717, 1.165) is 73.7 Å². The molecule has 0 bridgehead atoms. The van der Waals surface area contributed by atoms with Gasteiger partial charge in [0.2, 0.25) is 11.7 Å². The Balaban J connectivity index is 1.06. The molecule has 2 fully saturated rings. The van der Waals surface area contributed by atoms with Crippen LogP contribution in [0.1, 0.15) is 42.6 Å². The van der Waals surface area contributed by atoms with Gasteiger partial charge in [-0.15, -0.1) is 0 Å². The molecular formula is C36H43F4N8O3+. The van der Waals surface area contributed by atoms with E-state index in [1.807, 2.05) is 19.9 Å². The Morgan fingerprint density at radius 3 is 2.55 bits per heavy atom. The van der Waals surface area contributed by atoms with Gasteiger partial charge in [-0.25, -0.2) is 14.4 Å². The molecule has 2 aromatic carbocycles. The van der Waals surface area contributed by atoms with Crippen molar-refractivity contribution in [2.24, 2.45) is 11.8 Å². The smallest absolute Gasteiger partial charge is 0.387 e. The third kappa shape index (κ3) is 8.09. The molecule has 0 saturated carbocycles. The van der Waals surface area contributed by atoms with Crippen LogP contribution < -0.4 is 26.0 Å². The number of fused-ring (bicyclic) bond motifs is 1. The fourth-order valence-electron chi connectivity index (χ4n) is 6.93. The molecule has 51 heavy (non-hydrogen) atoms. The van der Waals surface area contributed by atoms with E-state index in [4.69, 9.17) is 0 Å². The van der Waals surface area contributed by atoms with Crippen LogP contribution in [0, 0.1) is 23.5 Å². The van der Waals surface area contributed by atoms with Gasteiger partial charge in [-0.3, -0.25) is 14.0 Å². The van der Waals surface area contributed by atoms with Gasteiger partial charge in [-0.05, 0) is 49.2 Å². The number of quaternary nitrogens is 1. The van der Waals surface area contributed by atoms with Crippen LogP contribution >= 0.6 is 0 Å². The average Bonchev–Trinajstić information content (AvgIpc) is 3.52. The van der Waals surface area contributed by atoms with Crippen molar-refractivity contribution < 1.29 is 36.4 Å². The molecule has 0 spiro atoms. The number of rotatable bonds is 13. The zero-order valence-electron chi connectivity index (χ0n) is 28.8. The van der Waals surface area contributed by atoms with Crippen molar-refractivity contribution in [1.82, 2.24) is 30.3 Å². The fraction of sp³-hybridized carbons (Fsp3) is 0.444. The van der Waals surface area contributed by atoms with Crippen LogP contribution in [0.4, 0.5) is 29.1 Å². The lowest BCUT2D eigenvalue weighted by molar-refractivity contribution is -0.918. The maximum Gasteiger partial charge on any atom is 0.387 e. The summed E-state index contributed by atoms with van der Waals surface area (Å²) in [6.07, 6.45) is 6.57. The maximum absolute atomic E-state index is 14.9. The van der Waals surface area contributed by atoms with E-state index in [2.05, 4.69) is 43.0 Å². The van der Waals surface area contributed by atoms with Crippen LogP contribution in [-0.2, 0) is 11.2 Å². The van der Waals surface area contributed by atoms with Crippen LogP contribution in [0.5, 0.6) is 5.75 Å². The summed E-state index contributed by atoms with van der Waals surface area (Å²) < 4.78 is 61.1. The Bertz CT molecular complexity index is 1890. The van der Waals surface area contributed by atoms with Crippen molar-refractivity contribution >= 4 is 29.0 Å². The van der Waals surface area contributed by atoms with E-state index in [1.54, 1.807) is 12.1 Å². The highest BCUT2D eigenvalue weighted by molar-refractivity contribution is 5.96. The SMILES string of the molecule is CCc1cc(Nc2nccn3c(-c4ccc(OC(F)F)c(F)c4F)cnc23)ccc1C(=O)NC(C)CNC(=O)C1CC[N+](C)(CC2CNC2)CC1. The number of carbonyl (C=O) groups excluding carboxylic acids is 2. The quantitative estimate of drug-likeness (QED) is 0.115. The van der Waals surface area contributed by atoms with Crippen LogP contribution in [-0.4, -0.2) is 89.6 Å². The Hall–Kier alpha value is -4.76. The van der Waals surface area contributed by atoms with Crippen molar-refractivity contribution in [1.29, 1.82) is 0 Å². The van der Waals surface area contributed by atoms with Crippen molar-refractivity contribution in [2.75, 3.05) is 51.6 Å². The lowest BCUT2D eigenvalue weighted by Gasteiger charge is -2.44. The molecule has 2 amide bonds. The van der Waals surface area contributed by atoms with Gasteiger partial charge in [-0.1, -0.05) is 6.92 Å². The van der Waals surface area contributed by atoms with Gasteiger partial charge in [0.1, 0.15) is 0 Å². The lowest BCUT2D eigenvalue weighted by atomic mass is 9.92. The second-order valence-corrected chi connectivity index (χ2v) is 13.7. The minimum Gasteiger partial charge on any atom is -0.432 e. The summed E-state index contributed by atoms with van der Waals surface area (Å²) in [4.78, 5) is 34.9. The van der Waals surface area contributed by atoms with Crippen LogP contribution in [0.2, 0.25) is 0 Å². The molecule has 2 aliphatic heterocycles. The topological polar surface area (TPSA) is 122 Å². The van der Waals surface area contributed by atoms with Gasteiger partial charge < -0.3 is 30.5 Å². The van der Waals surface area contributed by atoms with Crippen molar-refractivity contribution in [2.45, 2.75) is 45.8 Å². The van der Waals surface area contributed by atoms with E-state index in [9.17, 15) is 27.2 Å². The van der Waals surface area contributed by atoms with Crippen LogP contribution in [0.15, 0.2) is 48.9 Å². The maximum atomic E-state index is 14.9. The van der Waals surface area contributed by atoms with E-state index in [-0.39, 0.29) is 35.0 Å². The molecule has 4 N–H and O–H groups in total. The number of carbonyl (C=O) groups is 2. The zero-order chi connectivity index (χ0) is 36.3. The van der Waals surface area contributed by atoms with Gasteiger partial charge in [0.05, 0.1) is 38.6 Å². The van der Waals surface area contributed by atoms with E-state index in [0.29, 0.717) is 35.7 Å². The van der Waals surface area contributed by atoms with Crippen molar-refractivity contribution in [3.05, 3.63) is 71.7 Å². The van der Waals surface area contributed by atoms with Gasteiger partial charge in [-0.2, -0.15) is 13.2 Å². The lowest BCUT2D eigenvalue weighted by Crippen LogP contribution is -2.58. The molecule has 2 saturated heterocycles. The highest BCUT2D eigenvalue weighted by Crippen LogP contribution is 2.32. The van der Waals surface area contributed by atoms with Gasteiger partial charge in [0.15, 0.2) is 23.0 Å². The molecular weight excluding hydrogens is 668 g/mol. The number of alkyl halides is 2. The summed E-state index contributed by atoms with van der Waals surface area (Å²) >= 11 is 0. The molecule has 11 nitrogen and oxygen atoms in total. The number of hydrogen-bond acceptors (Lipinski definition) is 7. The standard InChI is InChI=1S/C36H42F4N8O3/c1-4-23-15-25(46-32-33-43-19-28(47(33)12-11-42-32)27-7-8-29(51-36(39)40)31(38)30(27)37)5-6-26(23)35(50)45-21(2)16-44-34(49)24-9-13-48(3,14-10-24)20-22-17-41-18-22/h5-8,11-12,15,19,21-22,24,36,41H,4,9-10,13-14,16-18,20H2,1-3H3,(H2-,42,44,45,46,49,50)/p+1. The molecule has 1 unspecified atom stereocenters. The predicted molar refractivity (Wildman–Crippen MR) is 184 cm³/mol. The number of aromatic nitrogens is 3. The van der Waals surface area contributed by atoms with Crippen molar-refractivity contribution in [3.8, 4) is 17.0 Å². The number of hydrogen-bond donors (Lipinski definition) is 4. The Morgan fingerprint density at radius 1 is 1.10 bits per heavy atom. The van der Waals surface area contributed by atoms with Crippen molar-refractivity contribution in [3.63, 3.8) is 0 Å². The number of piperidine rings is 1. The highest BCUT2D eigenvalue weighted by atomic mass is 19.3. The summed E-state index contributed by atoms with van der Waals surface area (Å²) in [5.41, 5.74) is 2.15. The molecule has 4 heterocycles. The van der Waals surface area contributed by atoms with E-state index < -0.39 is 24.0 Å². The molecule has 4 aromatic rings. The second-order valence-electron chi connectivity index (χ2n) is 13.7. The monoisotopic (exact) mass is 711 g/mol. The first-order valence-electron chi connectivity index (χ1n) is 17.2.